The highest BCUT2D eigenvalue weighted by Crippen LogP contribution is 2.17. The standard InChI is InChI=1S/C22H31N5.HI/c1-18-8-7-9-19(14-18)15-25-22(23-2)26-17-20-10-11-21(24-16-20)27-12-5-3-4-6-13-27;/h7-11,14,16H,3-6,12-13,15,17H2,1-2H3,(H2,23,25,26);1H. The van der Waals surface area contributed by atoms with Crippen molar-refractivity contribution in [2.45, 2.75) is 45.7 Å². The van der Waals surface area contributed by atoms with Gasteiger partial charge in [-0.3, -0.25) is 4.99 Å². The summed E-state index contributed by atoms with van der Waals surface area (Å²) in [6.07, 6.45) is 7.20. The van der Waals surface area contributed by atoms with E-state index in [-0.39, 0.29) is 24.0 Å². The van der Waals surface area contributed by atoms with Crippen molar-refractivity contribution in [2.75, 3.05) is 25.0 Å². The van der Waals surface area contributed by atoms with Gasteiger partial charge in [-0.05, 0) is 37.0 Å². The Kier molecular flexibility index (Phi) is 9.54. The fourth-order valence-electron chi connectivity index (χ4n) is 3.42. The maximum Gasteiger partial charge on any atom is 0.191 e. The Hall–Kier alpha value is -1.83. The van der Waals surface area contributed by atoms with Gasteiger partial charge in [0.05, 0.1) is 0 Å². The molecule has 1 aromatic carbocycles. The van der Waals surface area contributed by atoms with E-state index in [4.69, 9.17) is 0 Å². The van der Waals surface area contributed by atoms with Crippen LogP contribution < -0.4 is 15.5 Å². The minimum atomic E-state index is 0. The summed E-state index contributed by atoms with van der Waals surface area (Å²) in [7, 11) is 1.80. The molecule has 3 rings (SSSR count). The summed E-state index contributed by atoms with van der Waals surface area (Å²) in [5.74, 6) is 1.90. The number of guanidine groups is 1. The first-order valence-electron chi connectivity index (χ1n) is 9.94. The summed E-state index contributed by atoms with van der Waals surface area (Å²) in [5.41, 5.74) is 3.68. The van der Waals surface area contributed by atoms with E-state index in [9.17, 15) is 0 Å². The molecule has 5 nitrogen and oxygen atoms in total. The number of benzene rings is 1. The van der Waals surface area contributed by atoms with Gasteiger partial charge in [0.25, 0.3) is 0 Å². The lowest BCUT2D eigenvalue weighted by Gasteiger charge is -2.21. The molecule has 0 amide bonds. The average Bonchev–Trinajstić information content (AvgIpc) is 2.98. The molecule has 1 fully saturated rings. The van der Waals surface area contributed by atoms with Gasteiger partial charge in [0.2, 0.25) is 0 Å². The lowest BCUT2D eigenvalue weighted by Crippen LogP contribution is -2.36. The van der Waals surface area contributed by atoms with Crippen LogP contribution in [0.1, 0.15) is 42.4 Å². The van der Waals surface area contributed by atoms with E-state index in [2.05, 4.69) is 68.8 Å². The minimum Gasteiger partial charge on any atom is -0.357 e. The van der Waals surface area contributed by atoms with Crippen molar-refractivity contribution in [1.82, 2.24) is 15.6 Å². The monoisotopic (exact) mass is 493 g/mol. The molecule has 2 N–H and O–H groups in total. The van der Waals surface area contributed by atoms with Crippen LogP contribution in [0.15, 0.2) is 47.6 Å². The number of pyridine rings is 1. The average molecular weight is 493 g/mol. The summed E-state index contributed by atoms with van der Waals surface area (Å²) >= 11 is 0. The third kappa shape index (κ3) is 6.96. The predicted octanol–water partition coefficient (Wildman–Crippen LogP) is 4.25. The van der Waals surface area contributed by atoms with E-state index in [1.54, 1.807) is 7.05 Å². The Morgan fingerprint density at radius 1 is 1.00 bits per heavy atom. The summed E-state index contributed by atoms with van der Waals surface area (Å²) in [6.45, 7) is 5.83. The molecule has 0 aliphatic carbocycles. The molecule has 1 aliphatic rings. The number of aromatic nitrogens is 1. The first kappa shape index (κ1) is 22.5. The maximum atomic E-state index is 4.68. The molecule has 0 unspecified atom stereocenters. The number of hydrogen-bond acceptors (Lipinski definition) is 3. The van der Waals surface area contributed by atoms with Crippen molar-refractivity contribution in [1.29, 1.82) is 0 Å². The SMILES string of the molecule is CN=C(NCc1ccc(N2CCCCCC2)nc1)NCc1cccc(C)c1.I. The lowest BCUT2D eigenvalue weighted by atomic mass is 10.1. The summed E-state index contributed by atoms with van der Waals surface area (Å²) in [5, 5.41) is 6.73. The van der Waals surface area contributed by atoms with E-state index in [1.165, 1.54) is 36.8 Å². The van der Waals surface area contributed by atoms with Gasteiger partial charge < -0.3 is 15.5 Å². The third-order valence-electron chi connectivity index (χ3n) is 4.97. The normalized spacial score (nSPS) is 14.8. The van der Waals surface area contributed by atoms with E-state index < -0.39 is 0 Å². The molecule has 152 valence electrons. The van der Waals surface area contributed by atoms with Crippen molar-refractivity contribution < 1.29 is 0 Å². The quantitative estimate of drug-likeness (QED) is 0.372. The van der Waals surface area contributed by atoms with Crippen LogP contribution in [0.25, 0.3) is 0 Å². The Morgan fingerprint density at radius 2 is 1.71 bits per heavy atom. The van der Waals surface area contributed by atoms with Crippen LogP contribution in [0.4, 0.5) is 5.82 Å². The number of anilines is 1. The smallest absolute Gasteiger partial charge is 0.191 e. The van der Waals surface area contributed by atoms with Gasteiger partial charge >= 0.3 is 0 Å². The second-order valence-corrected chi connectivity index (χ2v) is 7.19. The van der Waals surface area contributed by atoms with Crippen molar-refractivity contribution >= 4 is 35.8 Å². The Balaban J connectivity index is 0.00000280. The molecule has 0 spiro atoms. The van der Waals surface area contributed by atoms with Gasteiger partial charge in [0.15, 0.2) is 5.96 Å². The second kappa shape index (κ2) is 11.9. The number of aliphatic imine (C=N–C) groups is 1. The van der Waals surface area contributed by atoms with Crippen LogP contribution in [0.5, 0.6) is 0 Å². The topological polar surface area (TPSA) is 52.6 Å². The molecule has 6 heteroatoms. The molecule has 0 atom stereocenters. The Morgan fingerprint density at radius 3 is 2.32 bits per heavy atom. The number of nitrogens with zero attached hydrogens (tertiary/aromatic N) is 3. The number of nitrogens with one attached hydrogen (secondary N) is 2. The Labute approximate surface area is 186 Å². The van der Waals surface area contributed by atoms with E-state index in [0.29, 0.717) is 6.54 Å². The van der Waals surface area contributed by atoms with E-state index >= 15 is 0 Å². The van der Waals surface area contributed by atoms with Crippen LogP contribution in [-0.2, 0) is 13.1 Å². The zero-order valence-electron chi connectivity index (χ0n) is 16.9. The van der Waals surface area contributed by atoms with Gasteiger partial charge in [-0.15, -0.1) is 24.0 Å². The van der Waals surface area contributed by atoms with Crippen LogP contribution in [0.3, 0.4) is 0 Å². The third-order valence-corrected chi connectivity index (χ3v) is 4.97. The van der Waals surface area contributed by atoms with Crippen molar-refractivity contribution in [3.63, 3.8) is 0 Å². The van der Waals surface area contributed by atoms with Gasteiger partial charge in [-0.1, -0.05) is 48.7 Å². The molecule has 1 aromatic heterocycles. The highest BCUT2D eigenvalue weighted by atomic mass is 127. The van der Waals surface area contributed by atoms with E-state index in [0.717, 1.165) is 37.0 Å². The first-order valence-corrected chi connectivity index (χ1v) is 9.94. The second-order valence-electron chi connectivity index (χ2n) is 7.19. The predicted molar refractivity (Wildman–Crippen MR) is 129 cm³/mol. The zero-order chi connectivity index (χ0) is 18.9. The highest BCUT2D eigenvalue weighted by Gasteiger charge is 2.10. The van der Waals surface area contributed by atoms with Crippen LogP contribution in [0.2, 0.25) is 0 Å². The molecule has 1 aliphatic heterocycles. The summed E-state index contributed by atoms with van der Waals surface area (Å²) in [4.78, 5) is 11.4. The molecule has 1 saturated heterocycles. The Bertz CT molecular complexity index is 737. The molecule has 0 saturated carbocycles. The van der Waals surface area contributed by atoms with Crippen molar-refractivity contribution in [3.05, 3.63) is 59.3 Å². The van der Waals surface area contributed by atoms with Gasteiger partial charge in [0.1, 0.15) is 5.82 Å². The van der Waals surface area contributed by atoms with Crippen molar-refractivity contribution in [3.8, 4) is 0 Å². The zero-order valence-corrected chi connectivity index (χ0v) is 19.3. The van der Waals surface area contributed by atoms with Gasteiger partial charge in [0, 0.05) is 39.4 Å². The lowest BCUT2D eigenvalue weighted by molar-refractivity contribution is 0.726. The number of aryl methyl sites for hydroxylation is 1. The fraction of sp³-hybridized carbons (Fsp3) is 0.455. The maximum absolute atomic E-state index is 4.68. The molecule has 28 heavy (non-hydrogen) atoms. The van der Waals surface area contributed by atoms with Crippen LogP contribution in [-0.4, -0.2) is 31.1 Å². The molecule has 2 aromatic rings. The number of hydrogen-bond donors (Lipinski definition) is 2. The molecule has 2 heterocycles. The number of rotatable bonds is 5. The molecular weight excluding hydrogens is 461 g/mol. The summed E-state index contributed by atoms with van der Waals surface area (Å²) < 4.78 is 0. The van der Waals surface area contributed by atoms with Gasteiger partial charge in [-0.2, -0.15) is 0 Å². The molecule has 0 bridgehead atoms. The fourth-order valence-corrected chi connectivity index (χ4v) is 3.42. The molecule has 0 radical (unpaired) electrons. The summed E-state index contributed by atoms with van der Waals surface area (Å²) in [6, 6.07) is 12.8. The van der Waals surface area contributed by atoms with Gasteiger partial charge in [-0.25, -0.2) is 4.98 Å². The van der Waals surface area contributed by atoms with Crippen molar-refractivity contribution in [2.24, 2.45) is 4.99 Å². The largest absolute Gasteiger partial charge is 0.357 e. The minimum absolute atomic E-state index is 0. The highest BCUT2D eigenvalue weighted by molar-refractivity contribution is 14.0. The molecular formula is C22H32IN5. The first-order chi connectivity index (χ1) is 13.2. The van der Waals surface area contributed by atoms with Crippen LogP contribution >= 0.6 is 24.0 Å². The van der Waals surface area contributed by atoms with Crippen LogP contribution in [0, 0.1) is 6.92 Å². The van der Waals surface area contributed by atoms with E-state index in [1.807, 2.05) is 6.20 Å². The number of halogens is 1.